The van der Waals surface area contributed by atoms with E-state index in [-0.39, 0.29) is 12.1 Å². The van der Waals surface area contributed by atoms with Crippen molar-refractivity contribution in [2.75, 3.05) is 6.54 Å². The molecule has 0 saturated heterocycles. The van der Waals surface area contributed by atoms with Gasteiger partial charge in [0.1, 0.15) is 5.60 Å². The van der Waals surface area contributed by atoms with Gasteiger partial charge in [-0.05, 0) is 52.4 Å². The fourth-order valence-corrected chi connectivity index (χ4v) is 2.32. The summed E-state index contributed by atoms with van der Waals surface area (Å²) in [6, 6.07) is 0.240. The summed E-state index contributed by atoms with van der Waals surface area (Å²) >= 11 is 0. The maximum Gasteiger partial charge on any atom is 0.407 e. The molecule has 0 spiro atoms. The molecule has 0 bridgehead atoms. The maximum absolute atomic E-state index is 11.6. The number of amides is 1. The Balaban J connectivity index is 2.23. The van der Waals surface area contributed by atoms with E-state index < -0.39 is 5.60 Å². The number of rotatable bonds is 3. The zero-order chi connectivity index (χ0) is 13.6. The van der Waals surface area contributed by atoms with E-state index in [1.54, 1.807) is 0 Å². The predicted octanol–water partition coefficient (Wildman–Crippen LogP) is 3.38. The minimum atomic E-state index is -0.434. The van der Waals surface area contributed by atoms with Crippen LogP contribution in [0.15, 0.2) is 0 Å². The first kappa shape index (κ1) is 14.8. The minimum absolute atomic E-state index is 0.240. The van der Waals surface area contributed by atoms with Gasteiger partial charge in [0.15, 0.2) is 0 Å². The van der Waals surface area contributed by atoms with Crippen LogP contribution in [0.2, 0.25) is 0 Å². The second-order valence-electron chi connectivity index (χ2n) is 6.03. The number of carbonyl (C=O) groups is 1. The highest BCUT2D eigenvalue weighted by molar-refractivity contribution is 5.68. The Labute approximate surface area is 110 Å². The van der Waals surface area contributed by atoms with Crippen molar-refractivity contribution in [3.05, 3.63) is 11.4 Å². The van der Waals surface area contributed by atoms with Crippen molar-refractivity contribution in [2.45, 2.75) is 64.5 Å². The Bertz CT molecular complexity index is 307. The molecule has 4 heteroatoms. The third-order valence-corrected chi connectivity index (χ3v) is 3.22. The van der Waals surface area contributed by atoms with Crippen molar-refractivity contribution in [3.8, 4) is 0 Å². The largest absolute Gasteiger partial charge is 0.444 e. The van der Waals surface area contributed by atoms with Gasteiger partial charge in [0.2, 0.25) is 6.54 Å². The van der Waals surface area contributed by atoms with Gasteiger partial charge in [-0.3, -0.25) is 0 Å². The second kappa shape index (κ2) is 6.63. The summed E-state index contributed by atoms with van der Waals surface area (Å²) in [6.07, 6.45) is 4.91. The Hall–Kier alpha value is -1.24. The van der Waals surface area contributed by atoms with Crippen molar-refractivity contribution in [3.63, 3.8) is 0 Å². The van der Waals surface area contributed by atoms with E-state index in [9.17, 15) is 4.79 Å². The molecule has 1 N–H and O–H groups in total. The summed E-state index contributed by atoms with van der Waals surface area (Å²) in [7, 11) is 0. The van der Waals surface area contributed by atoms with E-state index >= 15 is 0 Å². The molecule has 1 fully saturated rings. The molecule has 1 saturated carbocycles. The van der Waals surface area contributed by atoms with Gasteiger partial charge in [0.25, 0.3) is 0 Å². The average molecular weight is 252 g/mol. The average Bonchev–Trinajstić information content (AvgIpc) is 2.25. The van der Waals surface area contributed by atoms with E-state index in [0.29, 0.717) is 12.5 Å². The lowest BCUT2D eigenvalue weighted by Gasteiger charge is -2.29. The molecule has 0 aromatic heterocycles. The van der Waals surface area contributed by atoms with Gasteiger partial charge in [-0.25, -0.2) is 11.4 Å². The molecule has 0 atom stereocenters. The molecule has 1 amide bonds. The Morgan fingerprint density at radius 1 is 1.33 bits per heavy atom. The van der Waals surface area contributed by atoms with Gasteiger partial charge < -0.3 is 14.9 Å². The van der Waals surface area contributed by atoms with Gasteiger partial charge in [-0.15, -0.1) is 0 Å². The smallest absolute Gasteiger partial charge is 0.407 e. The summed E-state index contributed by atoms with van der Waals surface area (Å²) in [5.74, 6) is 0.663. The van der Waals surface area contributed by atoms with Gasteiger partial charge in [-0.1, -0.05) is 0 Å². The van der Waals surface area contributed by atoms with Crippen molar-refractivity contribution in [2.24, 2.45) is 5.92 Å². The summed E-state index contributed by atoms with van der Waals surface area (Å²) in [5, 5.41) is 2.93. The van der Waals surface area contributed by atoms with Crippen LogP contribution >= 0.6 is 0 Å². The van der Waals surface area contributed by atoms with Crippen molar-refractivity contribution >= 4 is 6.09 Å². The lowest BCUT2D eigenvalue weighted by atomic mass is 9.84. The van der Waals surface area contributed by atoms with Crippen molar-refractivity contribution < 1.29 is 9.53 Å². The maximum atomic E-state index is 11.6. The first-order valence-corrected chi connectivity index (χ1v) is 6.73. The Morgan fingerprint density at radius 2 is 1.94 bits per heavy atom. The monoisotopic (exact) mass is 252 g/mol. The molecule has 1 aliphatic rings. The quantitative estimate of drug-likeness (QED) is 0.782. The van der Waals surface area contributed by atoms with E-state index in [4.69, 9.17) is 11.3 Å². The lowest BCUT2D eigenvalue weighted by molar-refractivity contribution is 0.0487. The third-order valence-electron chi connectivity index (χ3n) is 3.22. The van der Waals surface area contributed by atoms with Crippen molar-refractivity contribution in [1.29, 1.82) is 0 Å². The number of carbonyl (C=O) groups excluding carboxylic acids is 1. The zero-order valence-electron chi connectivity index (χ0n) is 11.7. The first-order chi connectivity index (χ1) is 8.40. The normalized spacial score (nSPS) is 24.1. The molecule has 0 radical (unpaired) electrons. The van der Waals surface area contributed by atoms with E-state index in [2.05, 4.69) is 10.2 Å². The van der Waals surface area contributed by atoms with Crippen LogP contribution in [0.5, 0.6) is 0 Å². The SMILES string of the molecule is [C-]#[N+]CCC1CCC(NC(=O)OC(C)(C)C)CC1. The van der Waals surface area contributed by atoms with Crippen LogP contribution in [0, 0.1) is 12.5 Å². The minimum Gasteiger partial charge on any atom is -0.444 e. The summed E-state index contributed by atoms with van der Waals surface area (Å²) in [4.78, 5) is 15.0. The number of hydrogen-bond acceptors (Lipinski definition) is 2. The predicted molar refractivity (Wildman–Crippen MR) is 71.2 cm³/mol. The van der Waals surface area contributed by atoms with Gasteiger partial charge >= 0.3 is 6.09 Å². The van der Waals surface area contributed by atoms with Gasteiger partial charge in [-0.2, -0.15) is 0 Å². The highest BCUT2D eigenvalue weighted by Crippen LogP contribution is 2.27. The number of nitrogens with zero attached hydrogens (tertiary/aromatic N) is 1. The molecule has 0 heterocycles. The van der Waals surface area contributed by atoms with Gasteiger partial charge in [0, 0.05) is 12.5 Å². The molecule has 0 aromatic rings. The van der Waals surface area contributed by atoms with Crippen LogP contribution in [-0.4, -0.2) is 24.3 Å². The molecule has 18 heavy (non-hydrogen) atoms. The van der Waals surface area contributed by atoms with Crippen molar-refractivity contribution in [1.82, 2.24) is 5.32 Å². The summed E-state index contributed by atoms with van der Waals surface area (Å²) in [5.41, 5.74) is -0.434. The second-order valence-corrected chi connectivity index (χ2v) is 6.03. The van der Waals surface area contributed by atoms with Crippen LogP contribution in [-0.2, 0) is 4.74 Å². The third kappa shape index (κ3) is 5.90. The van der Waals surface area contributed by atoms with Crippen LogP contribution in [0.3, 0.4) is 0 Å². The fourth-order valence-electron chi connectivity index (χ4n) is 2.32. The summed E-state index contributed by atoms with van der Waals surface area (Å²) < 4.78 is 5.24. The number of nitrogens with one attached hydrogen (secondary N) is 1. The first-order valence-electron chi connectivity index (χ1n) is 6.73. The van der Waals surface area contributed by atoms with Crippen LogP contribution in [0.4, 0.5) is 4.79 Å². The molecule has 102 valence electrons. The Morgan fingerprint density at radius 3 is 2.44 bits per heavy atom. The highest BCUT2D eigenvalue weighted by atomic mass is 16.6. The van der Waals surface area contributed by atoms with Crippen LogP contribution in [0.1, 0.15) is 52.9 Å². The topological polar surface area (TPSA) is 42.7 Å². The fraction of sp³-hybridized carbons (Fsp3) is 0.857. The molecule has 0 unspecified atom stereocenters. The van der Waals surface area contributed by atoms with Crippen LogP contribution < -0.4 is 5.32 Å². The highest BCUT2D eigenvalue weighted by Gasteiger charge is 2.24. The molecule has 0 aliphatic heterocycles. The summed E-state index contributed by atoms with van der Waals surface area (Å²) in [6.45, 7) is 13.0. The zero-order valence-corrected chi connectivity index (χ0v) is 11.7. The standard InChI is InChI=1S/C14H24N2O2/c1-14(2,3)18-13(17)16-12-7-5-11(6-8-12)9-10-15-4/h11-12H,5-10H2,1-3H3,(H,16,17). The molecular formula is C14H24N2O2. The number of alkyl carbamates (subject to hydrolysis) is 1. The molecule has 1 rings (SSSR count). The number of hydrogen-bond donors (Lipinski definition) is 1. The molecule has 1 aliphatic carbocycles. The Kier molecular flexibility index (Phi) is 5.46. The van der Waals surface area contributed by atoms with E-state index in [0.717, 1.165) is 32.1 Å². The molecule has 4 nitrogen and oxygen atoms in total. The number of ether oxygens (including phenoxy) is 1. The van der Waals surface area contributed by atoms with E-state index in [1.807, 2.05) is 20.8 Å². The van der Waals surface area contributed by atoms with Crippen LogP contribution in [0.25, 0.3) is 4.85 Å². The lowest BCUT2D eigenvalue weighted by Crippen LogP contribution is -2.40. The van der Waals surface area contributed by atoms with E-state index in [1.165, 1.54) is 0 Å². The molecular weight excluding hydrogens is 228 g/mol. The van der Waals surface area contributed by atoms with Gasteiger partial charge in [0.05, 0.1) is 0 Å². The molecule has 0 aromatic carbocycles.